The van der Waals surface area contributed by atoms with Crippen LogP contribution in [0.25, 0.3) is 0 Å². The number of nitrogens with one attached hydrogen (secondary N) is 1. The SMILES string of the molecule is O=C(C[C@@H]1CC[C@@H]2[C@H](COC[C@@H](O)CN2Cc2ccccc2F)O1)NCc1ccccc1F. The molecule has 0 unspecified atom stereocenters. The minimum absolute atomic E-state index is 0.0581. The number of halogens is 2. The van der Waals surface area contributed by atoms with E-state index < -0.39 is 6.10 Å². The summed E-state index contributed by atoms with van der Waals surface area (Å²) in [6.07, 6.45) is 0.323. The summed E-state index contributed by atoms with van der Waals surface area (Å²) in [7, 11) is 0. The molecule has 0 spiro atoms. The number of amides is 1. The van der Waals surface area contributed by atoms with Gasteiger partial charge >= 0.3 is 0 Å². The molecule has 0 radical (unpaired) electrons. The average Bonchev–Trinajstić information content (AvgIpc) is 2.79. The molecule has 2 heterocycles. The highest BCUT2D eigenvalue weighted by Gasteiger charge is 2.38. The molecule has 33 heavy (non-hydrogen) atoms. The van der Waals surface area contributed by atoms with Gasteiger partial charge in [0.25, 0.3) is 0 Å². The Bertz CT molecular complexity index is 944. The lowest BCUT2D eigenvalue weighted by molar-refractivity contribution is -0.158. The van der Waals surface area contributed by atoms with Crippen molar-refractivity contribution in [2.45, 2.75) is 56.7 Å². The van der Waals surface area contributed by atoms with Crippen molar-refractivity contribution in [3.63, 3.8) is 0 Å². The summed E-state index contributed by atoms with van der Waals surface area (Å²) in [5.41, 5.74) is 1.01. The minimum atomic E-state index is -0.667. The summed E-state index contributed by atoms with van der Waals surface area (Å²) in [6.45, 7) is 1.31. The van der Waals surface area contributed by atoms with E-state index in [1.807, 2.05) is 0 Å². The zero-order valence-electron chi connectivity index (χ0n) is 18.5. The van der Waals surface area contributed by atoms with Gasteiger partial charge in [-0.3, -0.25) is 9.69 Å². The van der Waals surface area contributed by atoms with Crippen LogP contribution in [0.4, 0.5) is 8.78 Å². The van der Waals surface area contributed by atoms with Gasteiger partial charge in [0.05, 0.1) is 37.9 Å². The van der Waals surface area contributed by atoms with E-state index in [1.54, 1.807) is 36.4 Å². The normalized spacial score (nSPS) is 26.2. The molecule has 0 saturated carbocycles. The zero-order chi connectivity index (χ0) is 23.2. The Morgan fingerprint density at radius 1 is 1.03 bits per heavy atom. The molecule has 178 valence electrons. The topological polar surface area (TPSA) is 71.0 Å². The monoisotopic (exact) mass is 460 g/mol. The molecule has 0 aliphatic carbocycles. The largest absolute Gasteiger partial charge is 0.389 e. The van der Waals surface area contributed by atoms with Crippen LogP contribution in [0, 0.1) is 11.6 Å². The molecule has 2 aliphatic heterocycles. The summed E-state index contributed by atoms with van der Waals surface area (Å²) in [4.78, 5) is 14.5. The molecule has 0 aromatic heterocycles. The van der Waals surface area contributed by atoms with Crippen LogP contribution in [0.15, 0.2) is 48.5 Å². The van der Waals surface area contributed by atoms with Gasteiger partial charge in [-0.2, -0.15) is 0 Å². The standard InChI is InChI=1S/C25H30F2N2O4/c26-21-7-3-1-5-17(21)12-28-25(31)11-20-9-10-23-24(33-20)16-32-15-19(30)14-29(23)13-18-6-2-4-8-22(18)27/h1-8,19-20,23-24,30H,9-16H2,(H,28,31)/t19-,20-,23+,24-/m0/s1. The van der Waals surface area contributed by atoms with Gasteiger partial charge in [0, 0.05) is 36.8 Å². The fraction of sp³-hybridized carbons (Fsp3) is 0.480. The maximum Gasteiger partial charge on any atom is 0.222 e. The fourth-order valence-corrected chi connectivity index (χ4v) is 4.59. The number of fused-ring (bicyclic) bond motifs is 1. The van der Waals surface area contributed by atoms with Crippen molar-refractivity contribution in [3.05, 3.63) is 71.3 Å². The predicted octanol–water partition coefficient (Wildman–Crippen LogP) is 2.78. The van der Waals surface area contributed by atoms with Crippen molar-refractivity contribution < 1.29 is 28.2 Å². The van der Waals surface area contributed by atoms with Crippen LogP contribution in [0.1, 0.15) is 30.4 Å². The molecular weight excluding hydrogens is 430 g/mol. The molecule has 2 N–H and O–H groups in total. The smallest absolute Gasteiger partial charge is 0.222 e. The fourth-order valence-electron chi connectivity index (χ4n) is 4.59. The Hall–Kier alpha value is -2.39. The molecule has 2 aromatic carbocycles. The van der Waals surface area contributed by atoms with E-state index in [9.17, 15) is 18.7 Å². The third-order valence-electron chi connectivity index (χ3n) is 6.27. The predicted molar refractivity (Wildman–Crippen MR) is 118 cm³/mol. The first-order valence-electron chi connectivity index (χ1n) is 11.4. The highest BCUT2D eigenvalue weighted by molar-refractivity contribution is 5.76. The molecule has 2 fully saturated rings. The van der Waals surface area contributed by atoms with Gasteiger partial charge in [0.2, 0.25) is 5.91 Å². The quantitative estimate of drug-likeness (QED) is 0.694. The lowest BCUT2D eigenvalue weighted by atomic mass is 9.94. The lowest BCUT2D eigenvalue weighted by Gasteiger charge is -2.44. The highest BCUT2D eigenvalue weighted by atomic mass is 19.1. The summed E-state index contributed by atoms with van der Waals surface area (Å²) in [5.74, 6) is -0.826. The van der Waals surface area contributed by atoms with Crippen molar-refractivity contribution in [2.75, 3.05) is 19.8 Å². The molecule has 2 aromatic rings. The number of aliphatic hydroxyl groups excluding tert-OH is 1. The number of rotatable bonds is 6. The Kier molecular flexibility index (Phi) is 8.03. The summed E-state index contributed by atoms with van der Waals surface area (Å²) in [6, 6.07) is 12.9. The van der Waals surface area contributed by atoms with Crippen LogP contribution in [0.5, 0.6) is 0 Å². The van der Waals surface area contributed by atoms with Crippen LogP contribution >= 0.6 is 0 Å². The van der Waals surface area contributed by atoms with Crippen LogP contribution in [-0.4, -0.2) is 60.0 Å². The Balaban J connectivity index is 1.36. The van der Waals surface area contributed by atoms with E-state index in [4.69, 9.17) is 9.47 Å². The van der Waals surface area contributed by atoms with Crippen molar-refractivity contribution in [1.29, 1.82) is 0 Å². The molecule has 0 bridgehead atoms. The van der Waals surface area contributed by atoms with E-state index in [1.165, 1.54) is 12.1 Å². The van der Waals surface area contributed by atoms with Crippen molar-refractivity contribution >= 4 is 5.91 Å². The minimum Gasteiger partial charge on any atom is -0.389 e. The molecular formula is C25H30F2N2O4. The number of benzene rings is 2. The summed E-state index contributed by atoms with van der Waals surface area (Å²) >= 11 is 0. The van der Waals surface area contributed by atoms with Gasteiger partial charge in [0.15, 0.2) is 0 Å². The first-order valence-corrected chi connectivity index (χ1v) is 11.4. The number of carbonyl (C=O) groups excluding carboxylic acids is 1. The lowest BCUT2D eigenvalue weighted by Crippen LogP contribution is -2.55. The summed E-state index contributed by atoms with van der Waals surface area (Å²) in [5, 5.41) is 13.0. The Morgan fingerprint density at radius 2 is 1.73 bits per heavy atom. The van der Waals surface area contributed by atoms with Crippen LogP contribution < -0.4 is 5.32 Å². The van der Waals surface area contributed by atoms with E-state index in [0.717, 1.165) is 6.42 Å². The van der Waals surface area contributed by atoms with Gasteiger partial charge < -0.3 is 19.9 Å². The molecule has 2 saturated heterocycles. The average molecular weight is 461 g/mol. The maximum absolute atomic E-state index is 14.3. The number of nitrogens with zero attached hydrogens (tertiary/aromatic N) is 1. The van der Waals surface area contributed by atoms with Crippen molar-refractivity contribution in [2.24, 2.45) is 0 Å². The summed E-state index contributed by atoms with van der Waals surface area (Å²) < 4.78 is 39.9. The molecule has 4 atom stereocenters. The molecule has 4 rings (SSSR count). The maximum atomic E-state index is 14.3. The van der Waals surface area contributed by atoms with E-state index in [0.29, 0.717) is 37.2 Å². The van der Waals surface area contributed by atoms with Gasteiger partial charge in [-0.25, -0.2) is 8.78 Å². The number of β-amino-alcohol motifs (C(OH)–C–C–N with tert-alkyl or cyclic N) is 1. The van der Waals surface area contributed by atoms with Gasteiger partial charge in [-0.1, -0.05) is 36.4 Å². The Labute approximate surface area is 192 Å². The van der Waals surface area contributed by atoms with Crippen LogP contribution in [0.3, 0.4) is 0 Å². The Morgan fingerprint density at radius 3 is 2.45 bits per heavy atom. The van der Waals surface area contributed by atoms with Crippen LogP contribution in [-0.2, 0) is 27.4 Å². The number of hydrogen-bond acceptors (Lipinski definition) is 5. The molecule has 8 heteroatoms. The third kappa shape index (κ3) is 6.35. The van der Waals surface area contributed by atoms with Crippen LogP contribution in [0.2, 0.25) is 0 Å². The first kappa shape index (κ1) is 23.8. The van der Waals surface area contributed by atoms with Gasteiger partial charge in [-0.15, -0.1) is 0 Å². The third-order valence-corrected chi connectivity index (χ3v) is 6.27. The second-order valence-corrected chi connectivity index (χ2v) is 8.73. The van der Waals surface area contributed by atoms with E-state index in [2.05, 4.69) is 10.2 Å². The second-order valence-electron chi connectivity index (χ2n) is 8.73. The number of aliphatic hydroxyl groups is 1. The van der Waals surface area contributed by atoms with Crippen molar-refractivity contribution in [1.82, 2.24) is 10.2 Å². The van der Waals surface area contributed by atoms with Gasteiger partial charge in [-0.05, 0) is 25.0 Å². The molecule has 6 nitrogen and oxygen atoms in total. The number of hydrogen-bond donors (Lipinski definition) is 2. The first-order chi connectivity index (χ1) is 16.0. The van der Waals surface area contributed by atoms with E-state index >= 15 is 0 Å². The van der Waals surface area contributed by atoms with E-state index in [-0.39, 0.29) is 55.4 Å². The highest BCUT2D eigenvalue weighted by Crippen LogP contribution is 2.29. The number of ether oxygens (including phenoxy) is 2. The zero-order valence-corrected chi connectivity index (χ0v) is 18.5. The van der Waals surface area contributed by atoms with Crippen molar-refractivity contribution in [3.8, 4) is 0 Å². The van der Waals surface area contributed by atoms with Gasteiger partial charge in [0.1, 0.15) is 11.6 Å². The second kappa shape index (κ2) is 11.2. The molecule has 2 aliphatic rings. The number of carbonyl (C=O) groups is 1. The molecule has 1 amide bonds.